The molecule has 0 radical (unpaired) electrons. The van der Waals surface area contributed by atoms with Crippen molar-refractivity contribution in [3.05, 3.63) is 41.0 Å². The van der Waals surface area contributed by atoms with Crippen LogP contribution < -0.4 is 0 Å². The van der Waals surface area contributed by atoms with Gasteiger partial charge in [0.05, 0.1) is 11.1 Å². The van der Waals surface area contributed by atoms with Gasteiger partial charge in [0.15, 0.2) is 0 Å². The van der Waals surface area contributed by atoms with Crippen molar-refractivity contribution >= 4 is 18.7 Å². The molecule has 0 heterocycles. The van der Waals surface area contributed by atoms with Gasteiger partial charge in [-0.3, -0.25) is 0 Å². The lowest BCUT2D eigenvalue weighted by Gasteiger charge is -2.16. The Labute approximate surface area is 105 Å². The van der Waals surface area contributed by atoms with Gasteiger partial charge in [-0.2, -0.15) is 39.0 Å². The van der Waals surface area contributed by atoms with Crippen molar-refractivity contribution in [2.24, 2.45) is 0 Å². The summed E-state index contributed by atoms with van der Waals surface area (Å²) in [4.78, 5) is 0. The molecule has 100 valence electrons. The monoisotopic (exact) mass is 286 g/mol. The van der Waals surface area contributed by atoms with Crippen LogP contribution in [0.1, 0.15) is 16.7 Å². The number of benzene rings is 1. The molecular formula is C11H8F6S. The maximum Gasteiger partial charge on any atom is 0.417 e. The van der Waals surface area contributed by atoms with Gasteiger partial charge >= 0.3 is 12.4 Å². The first-order chi connectivity index (χ1) is 8.18. The van der Waals surface area contributed by atoms with Crippen LogP contribution in [-0.2, 0) is 12.4 Å². The zero-order valence-corrected chi connectivity index (χ0v) is 9.70. The lowest BCUT2D eigenvalue weighted by atomic mass is 9.99. The summed E-state index contributed by atoms with van der Waals surface area (Å²) in [6.07, 6.45) is -7.75. The summed E-state index contributed by atoms with van der Waals surface area (Å²) in [5, 5.41) is 0. The minimum atomic E-state index is -4.84. The fourth-order valence-electron chi connectivity index (χ4n) is 1.41. The van der Waals surface area contributed by atoms with Crippen molar-refractivity contribution in [3.63, 3.8) is 0 Å². The Morgan fingerprint density at radius 1 is 0.944 bits per heavy atom. The Morgan fingerprint density at radius 2 is 1.39 bits per heavy atom. The molecule has 0 saturated carbocycles. The van der Waals surface area contributed by atoms with Gasteiger partial charge in [0, 0.05) is 5.75 Å². The molecule has 0 nitrogen and oxygen atoms in total. The highest BCUT2D eigenvalue weighted by Crippen LogP contribution is 2.39. The molecule has 0 aliphatic rings. The van der Waals surface area contributed by atoms with Crippen molar-refractivity contribution in [2.75, 3.05) is 5.75 Å². The standard InChI is InChI=1S/C11H8F6S/c12-10(13,14)8-4-1-5-9(11(15,16)17)7(8)3-2-6-18/h1-5,18H,6H2. The number of hydrogen-bond acceptors (Lipinski definition) is 1. The van der Waals surface area contributed by atoms with Crippen molar-refractivity contribution in [3.8, 4) is 0 Å². The van der Waals surface area contributed by atoms with Crippen molar-refractivity contribution < 1.29 is 26.3 Å². The average molecular weight is 286 g/mol. The van der Waals surface area contributed by atoms with Gasteiger partial charge in [-0.25, -0.2) is 0 Å². The maximum atomic E-state index is 12.6. The zero-order chi connectivity index (χ0) is 14.0. The van der Waals surface area contributed by atoms with Crippen molar-refractivity contribution in [1.82, 2.24) is 0 Å². The number of rotatable bonds is 2. The van der Waals surface area contributed by atoms with Crippen LogP contribution in [0.2, 0.25) is 0 Å². The van der Waals surface area contributed by atoms with Crippen LogP contribution in [0.5, 0.6) is 0 Å². The number of thiol groups is 1. The van der Waals surface area contributed by atoms with Gasteiger partial charge in [-0.05, 0) is 17.7 Å². The van der Waals surface area contributed by atoms with Gasteiger partial charge in [0.2, 0.25) is 0 Å². The van der Waals surface area contributed by atoms with Gasteiger partial charge in [-0.1, -0.05) is 18.2 Å². The molecule has 1 aromatic carbocycles. The topological polar surface area (TPSA) is 0 Å². The smallest absolute Gasteiger partial charge is 0.175 e. The van der Waals surface area contributed by atoms with Crippen LogP contribution >= 0.6 is 12.6 Å². The van der Waals surface area contributed by atoms with E-state index >= 15 is 0 Å². The fourth-order valence-corrected chi connectivity index (χ4v) is 1.52. The Bertz CT molecular complexity index is 412. The Kier molecular flexibility index (Phi) is 4.37. The molecule has 7 heteroatoms. The summed E-state index contributed by atoms with van der Waals surface area (Å²) >= 11 is 3.72. The molecule has 0 bridgehead atoms. The van der Waals surface area contributed by atoms with E-state index in [9.17, 15) is 26.3 Å². The molecule has 1 aromatic rings. The summed E-state index contributed by atoms with van der Waals surface area (Å²) in [7, 11) is 0. The second-order valence-corrected chi connectivity index (χ2v) is 3.71. The molecule has 0 fully saturated rings. The maximum absolute atomic E-state index is 12.6. The van der Waals surface area contributed by atoms with E-state index in [1.54, 1.807) is 0 Å². The first kappa shape index (κ1) is 14.9. The highest BCUT2D eigenvalue weighted by molar-refractivity contribution is 7.80. The molecule has 1 rings (SSSR count). The van der Waals surface area contributed by atoms with E-state index in [1.165, 1.54) is 0 Å². The summed E-state index contributed by atoms with van der Waals surface area (Å²) in [5.74, 6) is 0.0451. The first-order valence-corrected chi connectivity index (χ1v) is 5.36. The molecule has 0 unspecified atom stereocenters. The molecule has 0 amide bonds. The Morgan fingerprint density at radius 3 is 1.72 bits per heavy atom. The first-order valence-electron chi connectivity index (χ1n) is 4.72. The van der Waals surface area contributed by atoms with E-state index in [-0.39, 0.29) is 5.75 Å². The van der Waals surface area contributed by atoms with Crippen LogP contribution in [0.3, 0.4) is 0 Å². The molecular weight excluding hydrogens is 278 g/mol. The molecule has 0 N–H and O–H groups in total. The summed E-state index contributed by atoms with van der Waals surface area (Å²) in [6.45, 7) is 0. The van der Waals surface area contributed by atoms with E-state index in [2.05, 4.69) is 12.6 Å². The molecule has 0 aromatic heterocycles. The highest BCUT2D eigenvalue weighted by atomic mass is 32.1. The Balaban J connectivity index is 3.50. The molecule has 0 aliphatic heterocycles. The highest BCUT2D eigenvalue weighted by Gasteiger charge is 2.39. The lowest BCUT2D eigenvalue weighted by molar-refractivity contribution is -0.143. The number of halogens is 6. The second kappa shape index (κ2) is 5.26. The van der Waals surface area contributed by atoms with Crippen molar-refractivity contribution in [2.45, 2.75) is 12.4 Å². The van der Waals surface area contributed by atoms with Gasteiger partial charge in [0.25, 0.3) is 0 Å². The van der Waals surface area contributed by atoms with E-state index in [1.807, 2.05) is 0 Å². The number of alkyl halides is 6. The summed E-state index contributed by atoms with van der Waals surface area (Å²) < 4.78 is 75.7. The summed E-state index contributed by atoms with van der Waals surface area (Å²) in [5.41, 5.74) is -3.50. The molecule has 0 atom stereocenters. The van der Waals surface area contributed by atoms with E-state index < -0.39 is 29.0 Å². The van der Waals surface area contributed by atoms with Gasteiger partial charge < -0.3 is 0 Å². The number of hydrogen-bond donors (Lipinski definition) is 1. The summed E-state index contributed by atoms with van der Waals surface area (Å²) in [6, 6.07) is 1.98. The molecule has 0 aliphatic carbocycles. The van der Waals surface area contributed by atoms with Crippen LogP contribution in [0, 0.1) is 0 Å². The largest absolute Gasteiger partial charge is 0.417 e. The van der Waals surface area contributed by atoms with Gasteiger partial charge in [-0.15, -0.1) is 0 Å². The zero-order valence-electron chi connectivity index (χ0n) is 8.81. The van der Waals surface area contributed by atoms with Crippen LogP contribution in [0.15, 0.2) is 24.3 Å². The van der Waals surface area contributed by atoms with E-state index in [0.29, 0.717) is 12.1 Å². The lowest BCUT2D eigenvalue weighted by Crippen LogP contribution is -2.14. The second-order valence-electron chi connectivity index (χ2n) is 3.35. The van der Waals surface area contributed by atoms with Gasteiger partial charge in [0.1, 0.15) is 0 Å². The van der Waals surface area contributed by atoms with Crippen LogP contribution in [0.25, 0.3) is 6.08 Å². The molecule has 18 heavy (non-hydrogen) atoms. The SMILES string of the molecule is FC(F)(F)c1cccc(C(F)(F)F)c1C=CCS. The van der Waals surface area contributed by atoms with Crippen LogP contribution in [0.4, 0.5) is 26.3 Å². The predicted octanol–water partition coefficient (Wildman–Crippen LogP) is 4.67. The normalized spacial score (nSPS) is 13.3. The minimum Gasteiger partial charge on any atom is -0.175 e. The fraction of sp³-hybridized carbons (Fsp3) is 0.273. The predicted molar refractivity (Wildman–Crippen MR) is 59.3 cm³/mol. The Hall–Kier alpha value is -1.11. The third kappa shape index (κ3) is 3.44. The quantitative estimate of drug-likeness (QED) is 0.593. The van der Waals surface area contributed by atoms with E-state index in [4.69, 9.17) is 0 Å². The minimum absolute atomic E-state index is 0.0451. The third-order valence-electron chi connectivity index (χ3n) is 2.11. The molecule has 0 saturated heterocycles. The average Bonchev–Trinajstić information content (AvgIpc) is 2.23. The van der Waals surface area contributed by atoms with Crippen LogP contribution in [-0.4, -0.2) is 5.75 Å². The molecule has 0 spiro atoms. The van der Waals surface area contributed by atoms with Crippen molar-refractivity contribution in [1.29, 1.82) is 0 Å². The van der Waals surface area contributed by atoms with E-state index in [0.717, 1.165) is 18.2 Å². The third-order valence-corrected chi connectivity index (χ3v) is 2.32.